The van der Waals surface area contributed by atoms with E-state index in [1.165, 1.54) is 0 Å². The standard InChI is InChI=1S/C12H13BrO5/c1-6-11(7(14)3-2-4-10(17)18)8(15)5-9(16)12(6)13/h5,15-16H,2-4H2,1H3,(H,17,18). The molecule has 0 saturated carbocycles. The Kier molecular flexibility index (Phi) is 4.72. The lowest BCUT2D eigenvalue weighted by Crippen LogP contribution is -2.04. The minimum absolute atomic E-state index is 0.0396. The highest BCUT2D eigenvalue weighted by Crippen LogP contribution is 2.36. The van der Waals surface area contributed by atoms with Crippen LogP contribution in [0.25, 0.3) is 0 Å². The Morgan fingerprint density at radius 2 is 1.83 bits per heavy atom. The second kappa shape index (κ2) is 5.86. The van der Waals surface area contributed by atoms with Gasteiger partial charge in [0.2, 0.25) is 0 Å². The fourth-order valence-corrected chi connectivity index (χ4v) is 1.95. The quantitative estimate of drug-likeness (QED) is 0.726. The molecule has 0 unspecified atom stereocenters. The van der Waals surface area contributed by atoms with Crippen molar-refractivity contribution >= 4 is 27.7 Å². The molecule has 0 fully saturated rings. The van der Waals surface area contributed by atoms with Crippen molar-refractivity contribution in [1.82, 2.24) is 0 Å². The number of halogens is 1. The molecule has 0 aliphatic rings. The zero-order valence-corrected chi connectivity index (χ0v) is 11.3. The number of carboxylic acids is 1. The van der Waals surface area contributed by atoms with E-state index in [4.69, 9.17) is 5.11 Å². The van der Waals surface area contributed by atoms with Gasteiger partial charge in [-0.15, -0.1) is 0 Å². The molecule has 98 valence electrons. The number of phenolic OH excluding ortho intramolecular Hbond substituents is 2. The molecular formula is C12H13BrO5. The molecule has 0 aromatic heterocycles. The minimum atomic E-state index is -0.962. The van der Waals surface area contributed by atoms with Gasteiger partial charge in [-0.3, -0.25) is 9.59 Å². The maximum Gasteiger partial charge on any atom is 0.303 e. The molecule has 1 rings (SSSR count). The molecule has 6 heteroatoms. The summed E-state index contributed by atoms with van der Waals surface area (Å²) in [5, 5.41) is 27.6. The lowest BCUT2D eigenvalue weighted by molar-refractivity contribution is -0.137. The molecule has 1 aromatic rings. The van der Waals surface area contributed by atoms with Crippen LogP contribution in [0.1, 0.15) is 35.2 Å². The van der Waals surface area contributed by atoms with Gasteiger partial charge in [0.15, 0.2) is 5.78 Å². The van der Waals surface area contributed by atoms with E-state index in [0.717, 1.165) is 6.07 Å². The van der Waals surface area contributed by atoms with Crippen molar-refractivity contribution in [2.24, 2.45) is 0 Å². The summed E-state index contributed by atoms with van der Waals surface area (Å²) in [7, 11) is 0. The first-order valence-corrected chi connectivity index (χ1v) is 6.10. The van der Waals surface area contributed by atoms with Crippen LogP contribution in [0.15, 0.2) is 10.5 Å². The molecule has 18 heavy (non-hydrogen) atoms. The summed E-state index contributed by atoms with van der Waals surface area (Å²) in [5.74, 6) is -1.75. The molecule has 0 atom stereocenters. The Morgan fingerprint density at radius 1 is 1.22 bits per heavy atom. The van der Waals surface area contributed by atoms with E-state index < -0.39 is 5.97 Å². The van der Waals surface area contributed by atoms with Crippen molar-refractivity contribution in [3.05, 3.63) is 21.7 Å². The summed E-state index contributed by atoms with van der Waals surface area (Å²) in [6.45, 7) is 1.59. The molecule has 0 aliphatic heterocycles. The first-order chi connectivity index (χ1) is 8.34. The lowest BCUT2D eigenvalue weighted by Gasteiger charge is -2.10. The number of hydrogen-bond donors (Lipinski definition) is 3. The Morgan fingerprint density at radius 3 is 2.39 bits per heavy atom. The number of phenols is 2. The molecule has 5 nitrogen and oxygen atoms in total. The summed E-state index contributed by atoms with van der Waals surface area (Å²) >= 11 is 3.12. The fraction of sp³-hybridized carbons (Fsp3) is 0.333. The van der Waals surface area contributed by atoms with Gasteiger partial charge in [0.25, 0.3) is 0 Å². The number of carbonyl (C=O) groups is 2. The maximum atomic E-state index is 11.9. The molecule has 0 radical (unpaired) electrons. The predicted octanol–water partition coefficient (Wildman–Crippen LogP) is 2.61. The van der Waals surface area contributed by atoms with Gasteiger partial charge < -0.3 is 15.3 Å². The Hall–Kier alpha value is -1.56. The Labute approximate surface area is 112 Å². The van der Waals surface area contributed by atoms with Gasteiger partial charge in [-0.2, -0.15) is 0 Å². The van der Waals surface area contributed by atoms with Gasteiger partial charge in [-0.1, -0.05) is 0 Å². The molecule has 0 spiro atoms. The molecular weight excluding hydrogens is 304 g/mol. The number of ketones is 1. The summed E-state index contributed by atoms with van der Waals surface area (Å²) in [6.07, 6.45) is 0.161. The second-order valence-electron chi connectivity index (χ2n) is 3.90. The molecule has 0 heterocycles. The highest BCUT2D eigenvalue weighted by molar-refractivity contribution is 9.10. The van der Waals surface area contributed by atoms with E-state index in [-0.39, 0.29) is 42.1 Å². The highest BCUT2D eigenvalue weighted by Gasteiger charge is 2.19. The Bertz CT molecular complexity index is 496. The van der Waals surface area contributed by atoms with Crippen LogP contribution < -0.4 is 0 Å². The predicted molar refractivity (Wildman–Crippen MR) is 68.0 cm³/mol. The second-order valence-corrected chi connectivity index (χ2v) is 4.69. The molecule has 0 bridgehead atoms. The van der Waals surface area contributed by atoms with E-state index in [9.17, 15) is 19.8 Å². The average molecular weight is 317 g/mol. The van der Waals surface area contributed by atoms with Crippen LogP contribution in [0.4, 0.5) is 0 Å². The summed E-state index contributed by atoms with van der Waals surface area (Å²) < 4.78 is 0.349. The first-order valence-electron chi connectivity index (χ1n) is 5.30. The molecule has 0 aliphatic carbocycles. The van der Waals surface area contributed by atoms with Gasteiger partial charge in [-0.25, -0.2) is 0 Å². The van der Waals surface area contributed by atoms with Crippen molar-refractivity contribution in [3.8, 4) is 11.5 Å². The lowest BCUT2D eigenvalue weighted by atomic mass is 9.99. The van der Waals surface area contributed by atoms with E-state index in [1.807, 2.05) is 0 Å². The molecule has 0 saturated heterocycles. The summed E-state index contributed by atoms with van der Waals surface area (Å²) in [6, 6.07) is 1.08. The van der Waals surface area contributed by atoms with Gasteiger partial charge >= 0.3 is 5.97 Å². The Balaban J connectivity index is 2.92. The molecule has 1 aromatic carbocycles. The third-order valence-corrected chi connectivity index (χ3v) is 3.53. The van der Waals surface area contributed by atoms with Crippen LogP contribution >= 0.6 is 15.9 Å². The van der Waals surface area contributed by atoms with Crippen LogP contribution in [-0.4, -0.2) is 27.1 Å². The first kappa shape index (κ1) is 14.5. The number of carbonyl (C=O) groups excluding carboxylic acids is 1. The number of aromatic hydroxyl groups is 2. The van der Waals surface area contributed by atoms with Crippen LogP contribution in [0.3, 0.4) is 0 Å². The normalized spacial score (nSPS) is 10.3. The number of benzene rings is 1. The zero-order chi connectivity index (χ0) is 13.9. The topological polar surface area (TPSA) is 94.8 Å². The third-order valence-electron chi connectivity index (χ3n) is 2.53. The summed E-state index contributed by atoms with van der Waals surface area (Å²) in [5.41, 5.74) is 0.554. The van der Waals surface area contributed by atoms with Gasteiger partial charge in [0.05, 0.1) is 10.0 Å². The van der Waals surface area contributed by atoms with Crippen molar-refractivity contribution < 1.29 is 24.9 Å². The largest absolute Gasteiger partial charge is 0.507 e. The van der Waals surface area contributed by atoms with E-state index >= 15 is 0 Å². The van der Waals surface area contributed by atoms with Gasteiger partial charge in [-0.05, 0) is 34.8 Å². The van der Waals surface area contributed by atoms with Crippen LogP contribution in [0.5, 0.6) is 11.5 Å². The van der Waals surface area contributed by atoms with Crippen LogP contribution in [-0.2, 0) is 4.79 Å². The number of Topliss-reactive ketones (excluding diaryl/α,β-unsaturated/α-hetero) is 1. The van der Waals surface area contributed by atoms with Crippen molar-refractivity contribution in [2.45, 2.75) is 26.2 Å². The van der Waals surface area contributed by atoms with Crippen molar-refractivity contribution in [2.75, 3.05) is 0 Å². The summed E-state index contributed by atoms with van der Waals surface area (Å²) in [4.78, 5) is 22.2. The SMILES string of the molecule is Cc1c(Br)c(O)cc(O)c1C(=O)CCCC(=O)O. The number of carboxylic acid groups (broad SMARTS) is 1. The fourth-order valence-electron chi connectivity index (χ4n) is 1.64. The third kappa shape index (κ3) is 3.22. The number of rotatable bonds is 5. The van der Waals surface area contributed by atoms with Gasteiger partial charge in [0.1, 0.15) is 11.5 Å². The smallest absolute Gasteiger partial charge is 0.303 e. The monoisotopic (exact) mass is 316 g/mol. The van der Waals surface area contributed by atoms with Crippen molar-refractivity contribution in [3.63, 3.8) is 0 Å². The minimum Gasteiger partial charge on any atom is -0.507 e. The molecule has 3 N–H and O–H groups in total. The van der Waals surface area contributed by atoms with Crippen LogP contribution in [0, 0.1) is 6.92 Å². The zero-order valence-electron chi connectivity index (χ0n) is 9.73. The van der Waals surface area contributed by atoms with Crippen LogP contribution in [0.2, 0.25) is 0 Å². The van der Waals surface area contributed by atoms with E-state index in [2.05, 4.69) is 15.9 Å². The number of hydrogen-bond acceptors (Lipinski definition) is 4. The van der Waals surface area contributed by atoms with E-state index in [1.54, 1.807) is 6.92 Å². The maximum absolute atomic E-state index is 11.9. The van der Waals surface area contributed by atoms with Gasteiger partial charge in [0, 0.05) is 18.9 Å². The highest BCUT2D eigenvalue weighted by atomic mass is 79.9. The average Bonchev–Trinajstić information content (AvgIpc) is 2.25. The van der Waals surface area contributed by atoms with Crippen molar-refractivity contribution in [1.29, 1.82) is 0 Å². The molecule has 0 amide bonds. The number of aliphatic carboxylic acids is 1. The van der Waals surface area contributed by atoms with E-state index in [0.29, 0.717) is 10.0 Å².